The van der Waals surface area contributed by atoms with E-state index in [1.165, 1.54) is 4.57 Å². The number of hydrogen-bond acceptors (Lipinski definition) is 4. The zero-order valence-electron chi connectivity index (χ0n) is 14.3. The zero-order valence-corrected chi connectivity index (χ0v) is 15.0. The van der Waals surface area contributed by atoms with Gasteiger partial charge in [0, 0.05) is 11.1 Å². The molecule has 0 fully saturated rings. The molecule has 0 spiro atoms. The van der Waals surface area contributed by atoms with Gasteiger partial charge in [0.15, 0.2) is 0 Å². The third-order valence-electron chi connectivity index (χ3n) is 4.19. The van der Waals surface area contributed by atoms with Crippen LogP contribution in [0.4, 0.5) is 0 Å². The molecule has 0 radical (unpaired) electrons. The largest absolute Gasteiger partial charge is 0.368 e. The van der Waals surface area contributed by atoms with Gasteiger partial charge in [-0.05, 0) is 36.8 Å². The quantitative estimate of drug-likeness (QED) is 0.697. The van der Waals surface area contributed by atoms with Crippen molar-refractivity contribution in [2.24, 2.45) is 5.73 Å². The van der Waals surface area contributed by atoms with E-state index in [1.807, 2.05) is 37.3 Å². The lowest BCUT2D eigenvalue weighted by Crippen LogP contribution is -2.33. The van der Waals surface area contributed by atoms with Crippen molar-refractivity contribution in [2.45, 2.75) is 26.1 Å². The topological polar surface area (TPSA) is 90.0 Å². The molecule has 1 atom stereocenters. The molecule has 0 aliphatic carbocycles. The van der Waals surface area contributed by atoms with E-state index in [-0.39, 0.29) is 18.1 Å². The predicted octanol–water partition coefficient (Wildman–Crippen LogP) is 2.39. The van der Waals surface area contributed by atoms with Crippen molar-refractivity contribution in [2.75, 3.05) is 0 Å². The summed E-state index contributed by atoms with van der Waals surface area (Å²) in [6, 6.07) is 14.6. The Balaban J connectivity index is 1.91. The fourth-order valence-corrected chi connectivity index (χ4v) is 2.91. The highest BCUT2D eigenvalue weighted by Crippen LogP contribution is 2.16. The Morgan fingerprint density at radius 1 is 1.23 bits per heavy atom. The van der Waals surface area contributed by atoms with Gasteiger partial charge in [0.05, 0.1) is 17.4 Å². The van der Waals surface area contributed by atoms with Crippen LogP contribution in [0, 0.1) is 0 Å². The first kappa shape index (κ1) is 18.1. The number of nitrogens with zero attached hydrogens (tertiary/aromatic N) is 2. The molecule has 1 heterocycles. The van der Waals surface area contributed by atoms with Crippen molar-refractivity contribution in [1.82, 2.24) is 14.9 Å². The number of amides is 1. The van der Waals surface area contributed by atoms with Crippen LogP contribution in [-0.2, 0) is 17.9 Å². The number of benzene rings is 2. The smallest absolute Gasteiger partial charge is 0.261 e. The number of hydrogen-bond donors (Lipinski definition) is 2. The Morgan fingerprint density at radius 3 is 2.62 bits per heavy atom. The van der Waals surface area contributed by atoms with Crippen LogP contribution in [0.1, 0.15) is 24.4 Å². The van der Waals surface area contributed by atoms with Gasteiger partial charge in [-0.1, -0.05) is 35.9 Å². The van der Waals surface area contributed by atoms with Crippen molar-refractivity contribution in [3.8, 4) is 0 Å². The summed E-state index contributed by atoms with van der Waals surface area (Å²) in [6.07, 6.45) is 0. The molecular weight excluding hydrogens is 352 g/mol. The van der Waals surface area contributed by atoms with Crippen molar-refractivity contribution in [3.63, 3.8) is 0 Å². The molecule has 3 aromatic rings. The third-order valence-corrected chi connectivity index (χ3v) is 4.44. The molecule has 0 bridgehead atoms. The molecule has 134 valence electrons. The Kier molecular flexibility index (Phi) is 5.35. The number of halogens is 1. The Labute approximate surface area is 155 Å². The summed E-state index contributed by atoms with van der Waals surface area (Å²) in [5.41, 5.74) is 6.68. The van der Waals surface area contributed by atoms with Crippen LogP contribution in [-0.4, -0.2) is 15.5 Å². The maximum atomic E-state index is 12.7. The van der Waals surface area contributed by atoms with Crippen LogP contribution >= 0.6 is 11.6 Å². The highest BCUT2D eigenvalue weighted by atomic mass is 35.5. The third kappa shape index (κ3) is 3.92. The maximum absolute atomic E-state index is 12.7. The van der Waals surface area contributed by atoms with Crippen LogP contribution in [0.5, 0.6) is 0 Å². The van der Waals surface area contributed by atoms with E-state index in [0.717, 1.165) is 5.56 Å². The number of aromatic nitrogens is 2. The van der Waals surface area contributed by atoms with Crippen molar-refractivity contribution in [1.29, 1.82) is 0 Å². The molecule has 1 amide bonds. The normalized spacial score (nSPS) is 12.2. The van der Waals surface area contributed by atoms with Crippen LogP contribution in [0.25, 0.3) is 10.9 Å². The lowest BCUT2D eigenvalue weighted by Gasteiger charge is -2.17. The molecule has 3 rings (SSSR count). The summed E-state index contributed by atoms with van der Waals surface area (Å²) in [6.45, 7) is 2.11. The zero-order chi connectivity index (χ0) is 18.7. The Hall–Kier alpha value is -2.70. The van der Waals surface area contributed by atoms with Gasteiger partial charge in [-0.3, -0.25) is 14.2 Å². The van der Waals surface area contributed by atoms with Gasteiger partial charge in [0.1, 0.15) is 12.4 Å². The SMILES string of the molecule is C[C@H](NCc1nc2ccccc2c(=O)n1CC(N)=O)c1ccc(Cl)cc1. The summed E-state index contributed by atoms with van der Waals surface area (Å²) in [5.74, 6) is -0.121. The number of para-hydroxylation sites is 1. The predicted molar refractivity (Wildman–Crippen MR) is 102 cm³/mol. The molecule has 26 heavy (non-hydrogen) atoms. The van der Waals surface area contributed by atoms with Gasteiger partial charge in [-0.25, -0.2) is 4.98 Å². The molecule has 2 aromatic carbocycles. The number of nitrogens with two attached hydrogens (primary N) is 1. The fourth-order valence-electron chi connectivity index (χ4n) is 2.78. The van der Waals surface area contributed by atoms with Crippen molar-refractivity contribution < 1.29 is 4.79 Å². The maximum Gasteiger partial charge on any atom is 0.261 e. The van der Waals surface area contributed by atoms with Crippen LogP contribution < -0.4 is 16.6 Å². The molecule has 6 nitrogen and oxygen atoms in total. The number of carbonyl (C=O) groups excluding carboxylic acids is 1. The fraction of sp³-hybridized carbons (Fsp3) is 0.211. The standard InChI is InChI=1S/C19H19ClN4O2/c1-12(13-6-8-14(20)9-7-13)22-10-18-23-16-5-3-2-4-15(16)19(26)24(18)11-17(21)25/h2-9,12,22H,10-11H2,1H3,(H2,21,25)/t12-/m0/s1. The van der Waals surface area contributed by atoms with E-state index in [1.54, 1.807) is 18.2 Å². The second kappa shape index (κ2) is 7.68. The number of primary amides is 1. The van der Waals surface area contributed by atoms with E-state index >= 15 is 0 Å². The monoisotopic (exact) mass is 370 g/mol. The highest BCUT2D eigenvalue weighted by Gasteiger charge is 2.14. The first-order valence-corrected chi connectivity index (χ1v) is 8.59. The lowest BCUT2D eigenvalue weighted by atomic mass is 10.1. The summed E-state index contributed by atoms with van der Waals surface area (Å²) >= 11 is 5.92. The average Bonchev–Trinajstić information content (AvgIpc) is 2.63. The second-order valence-electron chi connectivity index (χ2n) is 6.06. The Morgan fingerprint density at radius 2 is 1.92 bits per heavy atom. The molecule has 0 aliphatic rings. The molecule has 0 saturated heterocycles. The van der Waals surface area contributed by atoms with Crippen LogP contribution in [0.2, 0.25) is 5.02 Å². The summed E-state index contributed by atoms with van der Waals surface area (Å²) in [4.78, 5) is 28.7. The van der Waals surface area contributed by atoms with Gasteiger partial charge in [0.2, 0.25) is 5.91 Å². The Bertz CT molecular complexity index is 999. The molecule has 0 unspecified atom stereocenters. The number of rotatable bonds is 6. The van der Waals surface area contributed by atoms with E-state index in [9.17, 15) is 9.59 Å². The van der Waals surface area contributed by atoms with Gasteiger partial charge < -0.3 is 11.1 Å². The number of nitrogens with one attached hydrogen (secondary N) is 1. The van der Waals surface area contributed by atoms with Gasteiger partial charge in [0.25, 0.3) is 5.56 Å². The van der Waals surface area contributed by atoms with E-state index in [2.05, 4.69) is 10.3 Å². The van der Waals surface area contributed by atoms with Gasteiger partial charge >= 0.3 is 0 Å². The molecule has 0 aliphatic heterocycles. The van der Waals surface area contributed by atoms with Crippen LogP contribution in [0.3, 0.4) is 0 Å². The summed E-state index contributed by atoms with van der Waals surface area (Å²) in [7, 11) is 0. The molecule has 1 aromatic heterocycles. The first-order valence-electron chi connectivity index (χ1n) is 8.21. The number of fused-ring (bicyclic) bond motifs is 1. The van der Waals surface area contributed by atoms with E-state index in [0.29, 0.717) is 28.3 Å². The summed E-state index contributed by atoms with van der Waals surface area (Å²) < 4.78 is 1.33. The summed E-state index contributed by atoms with van der Waals surface area (Å²) in [5, 5.41) is 4.46. The van der Waals surface area contributed by atoms with Crippen LogP contribution in [0.15, 0.2) is 53.3 Å². The molecular formula is C19H19ClN4O2. The van der Waals surface area contributed by atoms with Crippen molar-refractivity contribution >= 4 is 28.4 Å². The molecule has 3 N–H and O–H groups in total. The van der Waals surface area contributed by atoms with Gasteiger partial charge in [-0.2, -0.15) is 0 Å². The van der Waals surface area contributed by atoms with E-state index < -0.39 is 5.91 Å². The highest BCUT2D eigenvalue weighted by molar-refractivity contribution is 6.30. The minimum atomic E-state index is -0.587. The first-order chi connectivity index (χ1) is 12.5. The minimum absolute atomic E-state index is 0.0117. The molecule has 7 heteroatoms. The average molecular weight is 371 g/mol. The second-order valence-corrected chi connectivity index (χ2v) is 6.49. The van der Waals surface area contributed by atoms with Gasteiger partial charge in [-0.15, -0.1) is 0 Å². The molecule has 0 saturated carbocycles. The van der Waals surface area contributed by atoms with Crippen molar-refractivity contribution in [3.05, 3.63) is 75.3 Å². The number of carbonyl (C=O) groups is 1. The van der Waals surface area contributed by atoms with E-state index in [4.69, 9.17) is 17.3 Å². The minimum Gasteiger partial charge on any atom is -0.368 e. The lowest BCUT2D eigenvalue weighted by molar-refractivity contribution is -0.118.